The summed E-state index contributed by atoms with van der Waals surface area (Å²) < 4.78 is 13.2. The van der Waals surface area contributed by atoms with Crippen molar-refractivity contribution in [3.8, 4) is 0 Å². The summed E-state index contributed by atoms with van der Waals surface area (Å²) in [5.74, 6) is -0.494. The normalized spacial score (nSPS) is 11.4. The van der Waals surface area contributed by atoms with Gasteiger partial charge in [0.15, 0.2) is 0 Å². The van der Waals surface area contributed by atoms with Crippen molar-refractivity contribution in [3.63, 3.8) is 0 Å². The highest BCUT2D eigenvalue weighted by atomic mass is 19.1. The quantitative estimate of drug-likeness (QED) is 0.846. The zero-order valence-corrected chi connectivity index (χ0v) is 11.2. The minimum atomic E-state index is -0.571. The van der Waals surface area contributed by atoms with Gasteiger partial charge in [0.25, 0.3) is 0 Å². The van der Waals surface area contributed by atoms with Crippen molar-refractivity contribution in [2.45, 2.75) is 33.6 Å². The van der Waals surface area contributed by atoms with Crippen LogP contribution in [0, 0.1) is 18.2 Å². The Labute approximate surface area is 108 Å². The molecule has 3 N–H and O–H groups in total. The summed E-state index contributed by atoms with van der Waals surface area (Å²) in [7, 11) is 0. The molecular weight excluding hydrogens is 231 g/mol. The van der Waals surface area contributed by atoms with Crippen molar-refractivity contribution >= 4 is 11.6 Å². The molecule has 0 fully saturated rings. The Hall–Kier alpha value is -1.42. The van der Waals surface area contributed by atoms with Gasteiger partial charge in [-0.1, -0.05) is 19.9 Å². The van der Waals surface area contributed by atoms with E-state index in [4.69, 9.17) is 5.73 Å². The van der Waals surface area contributed by atoms with Crippen molar-refractivity contribution in [1.82, 2.24) is 0 Å². The van der Waals surface area contributed by atoms with E-state index in [0.29, 0.717) is 25.1 Å². The first-order valence-electron chi connectivity index (χ1n) is 6.26. The molecule has 0 aliphatic carbocycles. The Balaban J connectivity index is 2.96. The van der Waals surface area contributed by atoms with Gasteiger partial charge >= 0.3 is 0 Å². The molecule has 1 rings (SSSR count). The molecule has 1 aromatic rings. The summed E-state index contributed by atoms with van der Waals surface area (Å²) in [5, 5.41) is 2.79. The fraction of sp³-hybridized carbons (Fsp3) is 0.500. The highest BCUT2D eigenvalue weighted by Gasteiger charge is 2.33. The lowest BCUT2D eigenvalue weighted by Crippen LogP contribution is -2.41. The minimum absolute atomic E-state index is 0.135. The Morgan fingerprint density at radius 2 is 2.00 bits per heavy atom. The molecule has 0 aliphatic rings. The van der Waals surface area contributed by atoms with E-state index in [2.05, 4.69) is 5.32 Å². The number of amides is 1. The van der Waals surface area contributed by atoms with Gasteiger partial charge in [-0.2, -0.15) is 0 Å². The number of carbonyl (C=O) groups is 1. The number of carbonyl (C=O) groups excluding carboxylic acids is 1. The van der Waals surface area contributed by atoms with Crippen LogP contribution in [0.15, 0.2) is 18.2 Å². The number of hydrogen-bond donors (Lipinski definition) is 2. The number of halogens is 1. The Bertz CT molecular complexity index is 420. The van der Waals surface area contributed by atoms with Crippen LogP contribution in [0.4, 0.5) is 10.1 Å². The lowest BCUT2D eigenvalue weighted by molar-refractivity contribution is -0.125. The molecule has 0 aromatic heterocycles. The van der Waals surface area contributed by atoms with E-state index in [1.54, 1.807) is 6.07 Å². The fourth-order valence-corrected chi connectivity index (χ4v) is 1.94. The first kappa shape index (κ1) is 14.6. The van der Waals surface area contributed by atoms with Crippen LogP contribution in [-0.4, -0.2) is 12.5 Å². The lowest BCUT2D eigenvalue weighted by Gasteiger charge is -2.28. The third-order valence-electron chi connectivity index (χ3n) is 3.67. The Morgan fingerprint density at radius 1 is 1.39 bits per heavy atom. The monoisotopic (exact) mass is 252 g/mol. The molecule has 0 aliphatic heterocycles. The molecule has 0 atom stereocenters. The van der Waals surface area contributed by atoms with Crippen LogP contribution in [0.2, 0.25) is 0 Å². The van der Waals surface area contributed by atoms with Crippen molar-refractivity contribution in [1.29, 1.82) is 0 Å². The van der Waals surface area contributed by atoms with Gasteiger partial charge < -0.3 is 11.1 Å². The van der Waals surface area contributed by atoms with Crippen LogP contribution in [0.3, 0.4) is 0 Å². The molecule has 1 amide bonds. The summed E-state index contributed by atoms with van der Waals surface area (Å²) in [6, 6.07) is 4.35. The van der Waals surface area contributed by atoms with E-state index in [1.165, 1.54) is 12.1 Å². The molecule has 18 heavy (non-hydrogen) atoms. The number of benzene rings is 1. The van der Waals surface area contributed by atoms with E-state index in [1.807, 2.05) is 20.8 Å². The molecule has 0 saturated heterocycles. The standard InChI is InChI=1S/C14H21FN2O/c1-4-14(5-2,9-16)13(18)17-12-8-11(15)7-6-10(12)3/h6-8H,4-5,9,16H2,1-3H3,(H,17,18). The summed E-state index contributed by atoms with van der Waals surface area (Å²) in [4.78, 5) is 12.3. The summed E-state index contributed by atoms with van der Waals surface area (Å²) in [5.41, 5.74) is 6.50. The van der Waals surface area contributed by atoms with Gasteiger partial charge in [-0.05, 0) is 37.5 Å². The topological polar surface area (TPSA) is 55.1 Å². The van der Waals surface area contributed by atoms with Crippen LogP contribution >= 0.6 is 0 Å². The molecule has 0 unspecified atom stereocenters. The van der Waals surface area contributed by atoms with Gasteiger partial charge in [-0.25, -0.2) is 4.39 Å². The maximum Gasteiger partial charge on any atom is 0.231 e. The summed E-state index contributed by atoms with van der Waals surface area (Å²) in [6.07, 6.45) is 1.33. The second-order valence-electron chi connectivity index (χ2n) is 4.60. The molecule has 0 bridgehead atoms. The van der Waals surface area contributed by atoms with E-state index in [-0.39, 0.29) is 11.7 Å². The second-order valence-corrected chi connectivity index (χ2v) is 4.60. The molecule has 0 saturated carbocycles. The number of nitrogens with two attached hydrogens (primary N) is 1. The smallest absolute Gasteiger partial charge is 0.231 e. The fourth-order valence-electron chi connectivity index (χ4n) is 1.94. The van der Waals surface area contributed by atoms with Crippen molar-refractivity contribution in [3.05, 3.63) is 29.6 Å². The maximum atomic E-state index is 13.2. The predicted octanol–water partition coefficient (Wildman–Crippen LogP) is 2.84. The average molecular weight is 252 g/mol. The van der Waals surface area contributed by atoms with E-state index in [0.717, 1.165) is 5.56 Å². The highest BCUT2D eigenvalue weighted by molar-refractivity contribution is 5.96. The van der Waals surface area contributed by atoms with Gasteiger partial charge in [0, 0.05) is 12.2 Å². The average Bonchev–Trinajstić information content (AvgIpc) is 2.37. The van der Waals surface area contributed by atoms with Crippen molar-refractivity contribution in [2.24, 2.45) is 11.1 Å². The Morgan fingerprint density at radius 3 is 2.50 bits per heavy atom. The largest absolute Gasteiger partial charge is 0.329 e. The molecule has 1 aromatic carbocycles. The molecule has 0 radical (unpaired) electrons. The van der Waals surface area contributed by atoms with Crippen LogP contribution < -0.4 is 11.1 Å². The SMILES string of the molecule is CCC(CC)(CN)C(=O)Nc1cc(F)ccc1C. The number of aryl methyl sites for hydroxylation is 1. The maximum absolute atomic E-state index is 13.2. The lowest BCUT2D eigenvalue weighted by atomic mass is 9.81. The van der Waals surface area contributed by atoms with Crippen LogP contribution in [0.25, 0.3) is 0 Å². The molecule has 3 nitrogen and oxygen atoms in total. The molecule has 4 heteroatoms. The third kappa shape index (κ3) is 2.88. The number of nitrogens with one attached hydrogen (secondary N) is 1. The van der Waals surface area contributed by atoms with E-state index in [9.17, 15) is 9.18 Å². The van der Waals surface area contributed by atoms with Gasteiger partial charge in [0.05, 0.1) is 5.41 Å². The van der Waals surface area contributed by atoms with Crippen molar-refractivity contribution < 1.29 is 9.18 Å². The zero-order valence-electron chi connectivity index (χ0n) is 11.2. The third-order valence-corrected chi connectivity index (χ3v) is 3.67. The number of anilines is 1. The van der Waals surface area contributed by atoms with Gasteiger partial charge in [-0.15, -0.1) is 0 Å². The molecule has 0 heterocycles. The van der Waals surface area contributed by atoms with E-state index < -0.39 is 5.41 Å². The first-order valence-corrected chi connectivity index (χ1v) is 6.26. The van der Waals surface area contributed by atoms with Crippen LogP contribution in [-0.2, 0) is 4.79 Å². The highest BCUT2D eigenvalue weighted by Crippen LogP contribution is 2.27. The predicted molar refractivity (Wildman–Crippen MR) is 71.8 cm³/mol. The van der Waals surface area contributed by atoms with Gasteiger partial charge in [0.2, 0.25) is 5.91 Å². The minimum Gasteiger partial charge on any atom is -0.329 e. The molecule has 0 spiro atoms. The number of rotatable bonds is 5. The van der Waals surface area contributed by atoms with Gasteiger partial charge in [0.1, 0.15) is 5.82 Å². The van der Waals surface area contributed by atoms with Crippen LogP contribution in [0.1, 0.15) is 32.3 Å². The Kier molecular flexibility index (Phi) is 4.84. The summed E-state index contributed by atoms with van der Waals surface area (Å²) in [6.45, 7) is 6.00. The molecule has 100 valence electrons. The first-order chi connectivity index (χ1) is 8.49. The summed E-state index contributed by atoms with van der Waals surface area (Å²) >= 11 is 0. The van der Waals surface area contributed by atoms with E-state index >= 15 is 0 Å². The van der Waals surface area contributed by atoms with Crippen molar-refractivity contribution in [2.75, 3.05) is 11.9 Å². The molecular formula is C14H21FN2O. The number of hydrogen-bond acceptors (Lipinski definition) is 2. The zero-order chi connectivity index (χ0) is 13.8. The van der Waals surface area contributed by atoms with Crippen LogP contribution in [0.5, 0.6) is 0 Å². The van der Waals surface area contributed by atoms with Gasteiger partial charge in [-0.3, -0.25) is 4.79 Å². The second kappa shape index (κ2) is 5.96.